The maximum Gasteiger partial charge on any atom is 0.323 e. The molecule has 9 heteroatoms. The molecule has 28 heavy (non-hydrogen) atoms. The van der Waals surface area contributed by atoms with Gasteiger partial charge in [-0.25, -0.2) is 4.68 Å². The summed E-state index contributed by atoms with van der Waals surface area (Å²) >= 11 is 0. The van der Waals surface area contributed by atoms with Crippen LogP contribution in [0.2, 0.25) is 0 Å². The van der Waals surface area contributed by atoms with E-state index in [1.54, 1.807) is 17.1 Å². The fourth-order valence-electron chi connectivity index (χ4n) is 2.54. The van der Waals surface area contributed by atoms with Gasteiger partial charge in [-0.3, -0.25) is 0 Å². The molecule has 0 amide bonds. The molecule has 2 N–H and O–H groups in total. The van der Waals surface area contributed by atoms with Gasteiger partial charge in [0, 0.05) is 18.1 Å². The van der Waals surface area contributed by atoms with Gasteiger partial charge in [0.05, 0.1) is 25.1 Å². The first-order valence-corrected chi connectivity index (χ1v) is 8.82. The number of anilines is 3. The highest BCUT2D eigenvalue weighted by atomic mass is 16.5. The molecule has 0 saturated heterocycles. The van der Waals surface area contributed by atoms with Crippen LogP contribution >= 0.6 is 0 Å². The second kappa shape index (κ2) is 8.21. The molecule has 142 valence electrons. The number of ether oxygens (including phenoxy) is 1. The summed E-state index contributed by atoms with van der Waals surface area (Å²) in [5, 5.41) is 10.6. The highest BCUT2D eigenvalue weighted by Crippen LogP contribution is 2.19. The van der Waals surface area contributed by atoms with Crippen molar-refractivity contribution in [3.05, 3.63) is 66.9 Å². The Morgan fingerprint density at radius 3 is 2.79 bits per heavy atom. The first-order valence-electron chi connectivity index (χ1n) is 8.82. The van der Waals surface area contributed by atoms with E-state index in [2.05, 4.69) is 30.7 Å². The van der Waals surface area contributed by atoms with E-state index >= 15 is 0 Å². The van der Waals surface area contributed by atoms with Gasteiger partial charge in [0.25, 0.3) is 0 Å². The molecule has 0 saturated carbocycles. The highest BCUT2D eigenvalue weighted by molar-refractivity contribution is 5.58. The summed E-state index contributed by atoms with van der Waals surface area (Å²) in [4.78, 5) is 13.0. The normalized spacial score (nSPS) is 10.6. The Balaban J connectivity index is 1.55. The number of aromatic nitrogens is 5. The number of rotatable bonds is 8. The van der Waals surface area contributed by atoms with Crippen molar-refractivity contribution < 1.29 is 9.15 Å². The lowest BCUT2D eigenvalue weighted by atomic mass is 10.3. The van der Waals surface area contributed by atoms with E-state index in [4.69, 9.17) is 9.15 Å². The summed E-state index contributed by atoms with van der Waals surface area (Å²) in [5.41, 5.74) is 1.74. The zero-order valence-corrected chi connectivity index (χ0v) is 15.2. The molecule has 0 aliphatic carbocycles. The van der Waals surface area contributed by atoms with Crippen molar-refractivity contribution in [3.8, 4) is 11.7 Å². The van der Waals surface area contributed by atoms with E-state index < -0.39 is 0 Å². The molecule has 1 aromatic carbocycles. The first-order chi connectivity index (χ1) is 13.8. The number of benzene rings is 1. The second-order valence-corrected chi connectivity index (χ2v) is 5.76. The Bertz CT molecular complexity index is 1020. The number of hydrogen-bond acceptors (Lipinski definition) is 8. The first kappa shape index (κ1) is 17.5. The summed E-state index contributed by atoms with van der Waals surface area (Å²) in [6.07, 6.45) is 5.24. The van der Waals surface area contributed by atoms with Crippen LogP contribution in [-0.4, -0.2) is 31.3 Å². The van der Waals surface area contributed by atoms with Gasteiger partial charge in [-0.1, -0.05) is 6.07 Å². The summed E-state index contributed by atoms with van der Waals surface area (Å²) in [6.45, 7) is 2.78. The van der Waals surface area contributed by atoms with Crippen LogP contribution < -0.4 is 15.4 Å². The van der Waals surface area contributed by atoms with Crippen LogP contribution in [0.3, 0.4) is 0 Å². The van der Waals surface area contributed by atoms with Crippen molar-refractivity contribution in [1.29, 1.82) is 0 Å². The lowest BCUT2D eigenvalue weighted by Crippen LogP contribution is -2.09. The number of nitrogens with one attached hydrogen (secondary N) is 2. The molecule has 0 bridgehead atoms. The molecule has 0 atom stereocenters. The fraction of sp³-hybridized carbons (Fsp3) is 0.158. The Hall–Kier alpha value is -3.88. The van der Waals surface area contributed by atoms with E-state index in [9.17, 15) is 0 Å². The Kier molecular flexibility index (Phi) is 5.14. The van der Waals surface area contributed by atoms with E-state index in [-0.39, 0.29) is 6.01 Å². The molecule has 9 nitrogen and oxygen atoms in total. The zero-order valence-electron chi connectivity index (χ0n) is 15.2. The summed E-state index contributed by atoms with van der Waals surface area (Å²) in [5.74, 6) is 1.54. The molecule has 3 heterocycles. The third-order valence-electron chi connectivity index (χ3n) is 3.76. The average Bonchev–Trinajstić information content (AvgIpc) is 3.41. The molecular weight excluding hydrogens is 358 g/mol. The van der Waals surface area contributed by atoms with Crippen molar-refractivity contribution in [2.24, 2.45) is 0 Å². The minimum Gasteiger partial charge on any atom is -0.467 e. The monoisotopic (exact) mass is 377 g/mol. The van der Waals surface area contributed by atoms with Crippen LogP contribution in [0.15, 0.2) is 65.5 Å². The molecular formula is C19H19N7O2. The Morgan fingerprint density at radius 1 is 1.07 bits per heavy atom. The minimum atomic E-state index is 0.241. The van der Waals surface area contributed by atoms with Crippen molar-refractivity contribution in [2.45, 2.75) is 13.5 Å². The summed E-state index contributed by atoms with van der Waals surface area (Å²) in [6, 6.07) is 13.6. The lowest BCUT2D eigenvalue weighted by Gasteiger charge is -2.10. The quantitative estimate of drug-likeness (QED) is 0.482. The van der Waals surface area contributed by atoms with Crippen LogP contribution in [0.5, 0.6) is 6.01 Å². The molecule has 0 radical (unpaired) electrons. The molecule has 0 unspecified atom stereocenters. The van der Waals surface area contributed by atoms with Crippen LogP contribution in [0.25, 0.3) is 5.69 Å². The lowest BCUT2D eigenvalue weighted by molar-refractivity contribution is 0.312. The number of hydrogen-bond donors (Lipinski definition) is 2. The van der Waals surface area contributed by atoms with Crippen molar-refractivity contribution in [1.82, 2.24) is 24.7 Å². The van der Waals surface area contributed by atoms with Gasteiger partial charge in [0.1, 0.15) is 5.76 Å². The predicted octanol–water partition coefficient (Wildman–Crippen LogP) is 3.40. The standard InChI is InChI=1S/C19H19N7O2/c1-2-27-19-24-17(20-13-16-8-4-11-28-16)23-18(25-19)22-14-6-3-7-15(12-14)26-10-5-9-21-26/h3-12H,2,13H2,1H3,(H2,20,22,23,24,25). The molecule has 0 fully saturated rings. The summed E-state index contributed by atoms with van der Waals surface area (Å²) in [7, 11) is 0. The average molecular weight is 377 g/mol. The molecule has 0 spiro atoms. The summed E-state index contributed by atoms with van der Waals surface area (Å²) < 4.78 is 12.6. The van der Waals surface area contributed by atoms with E-state index in [0.717, 1.165) is 17.1 Å². The molecule has 3 aromatic heterocycles. The number of furan rings is 1. The molecule has 0 aliphatic rings. The maximum absolute atomic E-state index is 5.46. The largest absolute Gasteiger partial charge is 0.467 e. The fourth-order valence-corrected chi connectivity index (χ4v) is 2.54. The van der Waals surface area contributed by atoms with Crippen LogP contribution in [-0.2, 0) is 6.54 Å². The van der Waals surface area contributed by atoms with Gasteiger partial charge in [-0.15, -0.1) is 0 Å². The highest BCUT2D eigenvalue weighted by Gasteiger charge is 2.09. The van der Waals surface area contributed by atoms with Crippen molar-refractivity contribution in [3.63, 3.8) is 0 Å². The maximum atomic E-state index is 5.46. The Labute approximate surface area is 161 Å². The molecule has 4 rings (SSSR count). The van der Waals surface area contributed by atoms with Gasteiger partial charge >= 0.3 is 6.01 Å². The van der Waals surface area contributed by atoms with Gasteiger partial charge in [-0.2, -0.15) is 20.1 Å². The van der Waals surface area contributed by atoms with E-state index in [0.29, 0.717) is 25.0 Å². The molecule has 0 aliphatic heterocycles. The smallest absolute Gasteiger partial charge is 0.323 e. The minimum absolute atomic E-state index is 0.241. The SMILES string of the molecule is CCOc1nc(NCc2ccco2)nc(Nc2cccc(-n3cccn3)c2)n1. The van der Waals surface area contributed by atoms with Crippen LogP contribution in [0.1, 0.15) is 12.7 Å². The topological polar surface area (TPSA) is 103 Å². The van der Waals surface area contributed by atoms with E-state index in [1.165, 1.54) is 0 Å². The van der Waals surface area contributed by atoms with Crippen molar-refractivity contribution >= 4 is 17.6 Å². The predicted molar refractivity (Wildman–Crippen MR) is 104 cm³/mol. The number of nitrogens with zero attached hydrogens (tertiary/aromatic N) is 5. The van der Waals surface area contributed by atoms with Gasteiger partial charge in [0.15, 0.2) is 0 Å². The third-order valence-corrected chi connectivity index (χ3v) is 3.76. The third kappa shape index (κ3) is 4.26. The van der Waals surface area contributed by atoms with Crippen LogP contribution in [0, 0.1) is 0 Å². The van der Waals surface area contributed by atoms with E-state index in [1.807, 2.05) is 55.6 Å². The Morgan fingerprint density at radius 2 is 2.00 bits per heavy atom. The van der Waals surface area contributed by atoms with Gasteiger partial charge in [-0.05, 0) is 43.3 Å². The zero-order chi connectivity index (χ0) is 19.2. The second-order valence-electron chi connectivity index (χ2n) is 5.76. The van der Waals surface area contributed by atoms with Gasteiger partial charge < -0.3 is 19.8 Å². The van der Waals surface area contributed by atoms with Crippen LogP contribution in [0.4, 0.5) is 17.6 Å². The van der Waals surface area contributed by atoms with Crippen molar-refractivity contribution in [2.75, 3.05) is 17.2 Å². The molecule has 4 aromatic rings. The van der Waals surface area contributed by atoms with Gasteiger partial charge in [0.2, 0.25) is 11.9 Å².